The summed E-state index contributed by atoms with van der Waals surface area (Å²) >= 11 is 5.48. The van der Waals surface area contributed by atoms with Gasteiger partial charge in [-0.25, -0.2) is 0 Å². The molecule has 0 aliphatic rings. The van der Waals surface area contributed by atoms with Crippen LogP contribution >= 0.6 is 11.6 Å². The van der Waals surface area contributed by atoms with E-state index >= 15 is 0 Å². The normalized spacial score (nSPS) is 10.5. The zero-order valence-electron chi connectivity index (χ0n) is 7.03. The second-order valence-electron chi connectivity index (χ2n) is 2.51. The van der Waals surface area contributed by atoms with Gasteiger partial charge in [0.05, 0.1) is 0 Å². The number of amides is 1. The van der Waals surface area contributed by atoms with Crippen molar-refractivity contribution in [3.05, 3.63) is 41.5 Å². The van der Waals surface area contributed by atoms with E-state index in [1.165, 1.54) is 0 Å². The molecule has 0 aliphatic heterocycles. The lowest BCUT2D eigenvalue weighted by Crippen LogP contribution is -2.12. The van der Waals surface area contributed by atoms with Crippen molar-refractivity contribution in [2.75, 3.05) is 5.88 Å². The van der Waals surface area contributed by atoms with Gasteiger partial charge in [0.1, 0.15) is 0 Å². The highest BCUT2D eigenvalue weighted by Gasteiger charge is 2.02. The van der Waals surface area contributed by atoms with E-state index in [1.807, 2.05) is 12.1 Å². The predicted molar refractivity (Wildman–Crippen MR) is 54.7 cm³/mol. The fourth-order valence-corrected chi connectivity index (χ4v) is 1.13. The zero-order chi connectivity index (χ0) is 9.68. The third-order valence-corrected chi connectivity index (χ3v) is 1.79. The average molecular weight is 196 g/mol. The summed E-state index contributed by atoms with van der Waals surface area (Å²) in [5.74, 6) is 0.00225. The summed E-state index contributed by atoms with van der Waals surface area (Å²) < 4.78 is 0. The molecule has 0 aromatic heterocycles. The van der Waals surface area contributed by atoms with Gasteiger partial charge in [0.15, 0.2) is 0 Å². The van der Waals surface area contributed by atoms with E-state index in [-0.39, 0.29) is 0 Å². The summed E-state index contributed by atoms with van der Waals surface area (Å²) in [6.45, 7) is 0. The van der Waals surface area contributed by atoms with E-state index in [2.05, 4.69) is 0 Å². The van der Waals surface area contributed by atoms with Crippen molar-refractivity contribution in [3.63, 3.8) is 0 Å². The minimum absolute atomic E-state index is 0.421. The minimum atomic E-state index is -0.421. The van der Waals surface area contributed by atoms with Crippen molar-refractivity contribution in [1.29, 1.82) is 0 Å². The van der Waals surface area contributed by atoms with Crippen LogP contribution in [-0.2, 0) is 0 Å². The molecule has 0 fully saturated rings. The molecule has 3 heteroatoms. The predicted octanol–water partition coefficient (Wildman–Crippen LogP) is 2.04. The van der Waals surface area contributed by atoms with Crippen molar-refractivity contribution < 1.29 is 4.79 Å². The van der Waals surface area contributed by atoms with Crippen LogP contribution in [0.15, 0.2) is 30.3 Å². The number of alkyl halides is 1. The van der Waals surface area contributed by atoms with Crippen LogP contribution in [0.25, 0.3) is 6.08 Å². The topological polar surface area (TPSA) is 43.1 Å². The highest BCUT2D eigenvalue weighted by Crippen LogP contribution is 2.09. The van der Waals surface area contributed by atoms with Gasteiger partial charge in [0.25, 0.3) is 0 Å². The minimum Gasteiger partial charge on any atom is -0.366 e. The van der Waals surface area contributed by atoms with Gasteiger partial charge in [-0.3, -0.25) is 4.79 Å². The van der Waals surface area contributed by atoms with E-state index < -0.39 is 5.91 Å². The Balaban J connectivity index is 3.05. The number of carbonyl (C=O) groups excluding carboxylic acids is 1. The molecule has 0 saturated carbocycles. The first-order chi connectivity index (χ1) is 6.25. The molecule has 0 unspecified atom stereocenters. The summed E-state index contributed by atoms with van der Waals surface area (Å²) in [5.41, 5.74) is 6.50. The highest BCUT2D eigenvalue weighted by molar-refractivity contribution is 6.19. The first-order valence-electron chi connectivity index (χ1n) is 3.87. The SMILES string of the molecule is NC(=O)c1ccccc1C=CCCl. The van der Waals surface area contributed by atoms with E-state index in [0.717, 1.165) is 5.56 Å². The van der Waals surface area contributed by atoms with Crippen LogP contribution in [0.1, 0.15) is 15.9 Å². The van der Waals surface area contributed by atoms with E-state index in [0.29, 0.717) is 11.4 Å². The van der Waals surface area contributed by atoms with Crippen molar-refractivity contribution in [2.45, 2.75) is 0 Å². The molecule has 0 atom stereocenters. The Kier molecular flexibility index (Phi) is 3.53. The molecule has 0 aliphatic carbocycles. The Morgan fingerprint density at radius 3 is 2.77 bits per heavy atom. The molecule has 0 heterocycles. The number of hydrogen-bond acceptors (Lipinski definition) is 1. The zero-order valence-corrected chi connectivity index (χ0v) is 7.79. The number of halogens is 1. The number of nitrogens with two attached hydrogens (primary N) is 1. The standard InChI is InChI=1S/C10H10ClNO/c11-7-3-5-8-4-1-2-6-9(8)10(12)13/h1-6H,7H2,(H2,12,13). The van der Waals surface area contributed by atoms with E-state index in [4.69, 9.17) is 17.3 Å². The smallest absolute Gasteiger partial charge is 0.249 e. The van der Waals surface area contributed by atoms with Crippen molar-refractivity contribution >= 4 is 23.6 Å². The van der Waals surface area contributed by atoms with Crippen molar-refractivity contribution in [2.24, 2.45) is 5.73 Å². The van der Waals surface area contributed by atoms with Crippen LogP contribution in [0.5, 0.6) is 0 Å². The highest BCUT2D eigenvalue weighted by atomic mass is 35.5. The van der Waals surface area contributed by atoms with Gasteiger partial charge in [-0.2, -0.15) is 0 Å². The number of rotatable bonds is 3. The Bertz CT molecular complexity index is 333. The van der Waals surface area contributed by atoms with E-state index in [9.17, 15) is 4.79 Å². The molecule has 1 aromatic carbocycles. The molecule has 1 rings (SSSR count). The number of primary amides is 1. The van der Waals surface area contributed by atoms with Gasteiger partial charge in [0, 0.05) is 11.4 Å². The quantitative estimate of drug-likeness (QED) is 0.737. The Labute approximate surface area is 82.0 Å². The van der Waals surface area contributed by atoms with Crippen LogP contribution in [0.4, 0.5) is 0 Å². The molecule has 0 spiro atoms. The summed E-state index contributed by atoms with van der Waals surface area (Å²) in [6.07, 6.45) is 3.55. The maximum atomic E-state index is 10.9. The van der Waals surface area contributed by atoms with Crippen LogP contribution < -0.4 is 5.73 Å². The lowest BCUT2D eigenvalue weighted by atomic mass is 10.1. The van der Waals surface area contributed by atoms with Gasteiger partial charge in [-0.1, -0.05) is 30.4 Å². The fraction of sp³-hybridized carbons (Fsp3) is 0.100. The molecule has 2 N–H and O–H groups in total. The number of hydrogen-bond donors (Lipinski definition) is 1. The fourth-order valence-electron chi connectivity index (χ4n) is 1.04. The largest absolute Gasteiger partial charge is 0.366 e. The first kappa shape index (κ1) is 9.81. The Morgan fingerprint density at radius 2 is 2.15 bits per heavy atom. The molecule has 0 radical (unpaired) electrons. The molecule has 68 valence electrons. The van der Waals surface area contributed by atoms with Gasteiger partial charge in [0.2, 0.25) is 5.91 Å². The Hall–Kier alpha value is -1.28. The summed E-state index contributed by atoms with van der Waals surface area (Å²) in [6, 6.07) is 7.14. The third-order valence-electron chi connectivity index (χ3n) is 1.61. The molecular formula is C10H10ClNO. The van der Waals surface area contributed by atoms with Gasteiger partial charge in [-0.15, -0.1) is 11.6 Å². The number of allylic oxidation sites excluding steroid dienone is 1. The molecule has 1 amide bonds. The van der Waals surface area contributed by atoms with Gasteiger partial charge >= 0.3 is 0 Å². The lowest BCUT2D eigenvalue weighted by molar-refractivity contribution is 0.1000. The lowest BCUT2D eigenvalue weighted by Gasteiger charge is -1.99. The summed E-state index contributed by atoms with van der Waals surface area (Å²) in [7, 11) is 0. The van der Waals surface area contributed by atoms with Crippen LogP contribution in [0, 0.1) is 0 Å². The van der Waals surface area contributed by atoms with Gasteiger partial charge in [-0.05, 0) is 11.6 Å². The summed E-state index contributed by atoms with van der Waals surface area (Å²) in [4.78, 5) is 10.9. The van der Waals surface area contributed by atoms with Crippen molar-refractivity contribution in [3.8, 4) is 0 Å². The molecule has 0 bridgehead atoms. The van der Waals surface area contributed by atoms with Crippen LogP contribution in [0.2, 0.25) is 0 Å². The first-order valence-corrected chi connectivity index (χ1v) is 4.40. The molecule has 1 aromatic rings. The Morgan fingerprint density at radius 1 is 1.46 bits per heavy atom. The second kappa shape index (κ2) is 4.67. The molecular weight excluding hydrogens is 186 g/mol. The van der Waals surface area contributed by atoms with Gasteiger partial charge < -0.3 is 5.73 Å². The molecule has 0 saturated heterocycles. The van der Waals surface area contributed by atoms with E-state index in [1.54, 1.807) is 24.3 Å². The molecule has 2 nitrogen and oxygen atoms in total. The third kappa shape index (κ3) is 2.60. The number of benzene rings is 1. The monoisotopic (exact) mass is 195 g/mol. The maximum Gasteiger partial charge on any atom is 0.249 e. The average Bonchev–Trinajstić information content (AvgIpc) is 2.15. The number of carbonyl (C=O) groups is 1. The second-order valence-corrected chi connectivity index (χ2v) is 2.82. The molecule has 13 heavy (non-hydrogen) atoms. The van der Waals surface area contributed by atoms with Crippen LogP contribution in [0.3, 0.4) is 0 Å². The maximum absolute atomic E-state index is 10.9. The van der Waals surface area contributed by atoms with Crippen LogP contribution in [-0.4, -0.2) is 11.8 Å². The van der Waals surface area contributed by atoms with Crippen molar-refractivity contribution in [1.82, 2.24) is 0 Å². The summed E-state index contributed by atoms with van der Waals surface area (Å²) in [5, 5.41) is 0.